The minimum atomic E-state index is -0.136. The van der Waals surface area contributed by atoms with Crippen molar-refractivity contribution in [3.8, 4) is 0 Å². The fraction of sp³-hybridized carbons (Fsp3) is 0.231. The molecule has 0 atom stereocenters. The van der Waals surface area contributed by atoms with Crippen molar-refractivity contribution in [1.82, 2.24) is 4.98 Å². The second-order valence-electron chi connectivity index (χ2n) is 4.09. The molecule has 2 aromatic rings. The summed E-state index contributed by atoms with van der Waals surface area (Å²) in [5, 5.41) is 6.47. The van der Waals surface area contributed by atoms with Gasteiger partial charge in [-0.25, -0.2) is 4.98 Å². The Morgan fingerprint density at radius 2 is 2.26 bits per heavy atom. The summed E-state index contributed by atoms with van der Waals surface area (Å²) in [6.45, 7) is 4.15. The zero-order valence-corrected chi connectivity index (χ0v) is 12.2. The van der Waals surface area contributed by atoms with Crippen LogP contribution in [-0.4, -0.2) is 10.9 Å². The third-order valence-electron chi connectivity index (χ3n) is 2.58. The van der Waals surface area contributed by atoms with Gasteiger partial charge in [-0.2, -0.15) is 0 Å². The number of carbonyl (C=O) groups is 1. The number of anilines is 2. The molecule has 1 aromatic heterocycles. The molecule has 2 N–H and O–H groups in total. The average Bonchev–Trinajstić information content (AvgIpc) is 2.75. The van der Waals surface area contributed by atoms with Crippen molar-refractivity contribution in [1.29, 1.82) is 0 Å². The van der Waals surface area contributed by atoms with Crippen molar-refractivity contribution >= 4 is 40.2 Å². The van der Waals surface area contributed by atoms with Gasteiger partial charge in [0, 0.05) is 17.5 Å². The van der Waals surface area contributed by atoms with Crippen molar-refractivity contribution in [2.75, 3.05) is 10.6 Å². The van der Waals surface area contributed by atoms with E-state index in [1.165, 1.54) is 11.8 Å². The predicted molar refractivity (Wildman–Crippen MR) is 79.9 cm³/mol. The summed E-state index contributed by atoms with van der Waals surface area (Å²) in [7, 11) is 0. The van der Waals surface area contributed by atoms with Gasteiger partial charge in [0.2, 0.25) is 5.91 Å². The zero-order chi connectivity index (χ0) is 13.8. The molecule has 0 bridgehead atoms. The number of hydrogen-bond donors (Lipinski definition) is 2. The molecule has 2 rings (SSSR count). The van der Waals surface area contributed by atoms with Crippen LogP contribution >= 0.6 is 22.9 Å². The number of carbonyl (C=O) groups excluding carboxylic acids is 1. The highest BCUT2D eigenvalue weighted by Gasteiger charge is 2.05. The van der Waals surface area contributed by atoms with E-state index in [-0.39, 0.29) is 5.91 Å². The first-order valence-corrected chi connectivity index (χ1v) is 7.02. The first-order valence-electron chi connectivity index (χ1n) is 5.76. The topological polar surface area (TPSA) is 54.0 Å². The Bertz CT molecular complexity index is 597. The highest BCUT2D eigenvalue weighted by Crippen LogP contribution is 2.26. The van der Waals surface area contributed by atoms with Gasteiger partial charge < -0.3 is 10.6 Å². The number of halogens is 1. The van der Waals surface area contributed by atoms with Gasteiger partial charge in [0.05, 0.1) is 28.5 Å². The average molecular weight is 296 g/mol. The third kappa shape index (κ3) is 3.68. The number of hydrogen-bond acceptors (Lipinski definition) is 4. The van der Waals surface area contributed by atoms with Gasteiger partial charge in [-0.15, -0.1) is 11.3 Å². The molecule has 0 spiro atoms. The van der Waals surface area contributed by atoms with Crippen LogP contribution in [-0.2, 0) is 11.3 Å². The molecular formula is C13H14ClN3OS. The van der Waals surface area contributed by atoms with Crippen LogP contribution in [0.3, 0.4) is 0 Å². The summed E-state index contributed by atoms with van der Waals surface area (Å²) in [6.07, 6.45) is 0. The van der Waals surface area contributed by atoms with Crippen LogP contribution in [0, 0.1) is 6.92 Å². The van der Waals surface area contributed by atoms with Crippen LogP contribution in [0.1, 0.15) is 17.5 Å². The van der Waals surface area contributed by atoms with Crippen LogP contribution < -0.4 is 10.6 Å². The maximum atomic E-state index is 11.0. The fourth-order valence-corrected chi connectivity index (χ4v) is 2.54. The van der Waals surface area contributed by atoms with E-state index in [1.54, 1.807) is 23.5 Å². The molecule has 0 aliphatic rings. The summed E-state index contributed by atoms with van der Waals surface area (Å²) >= 11 is 7.72. The van der Waals surface area contributed by atoms with Gasteiger partial charge in [0.1, 0.15) is 0 Å². The molecule has 0 saturated heterocycles. The minimum Gasteiger partial charge on any atom is -0.380 e. The first kappa shape index (κ1) is 13.8. The number of nitrogens with one attached hydrogen (secondary N) is 2. The molecule has 1 aromatic carbocycles. The molecule has 0 fully saturated rings. The quantitative estimate of drug-likeness (QED) is 0.905. The normalized spacial score (nSPS) is 10.3. The van der Waals surface area contributed by atoms with Crippen molar-refractivity contribution in [2.24, 2.45) is 0 Å². The van der Waals surface area contributed by atoms with E-state index in [0.717, 1.165) is 11.4 Å². The van der Waals surface area contributed by atoms with Crippen LogP contribution in [0.5, 0.6) is 0 Å². The largest absolute Gasteiger partial charge is 0.380 e. The van der Waals surface area contributed by atoms with E-state index in [4.69, 9.17) is 11.6 Å². The van der Waals surface area contributed by atoms with E-state index in [9.17, 15) is 4.79 Å². The second-order valence-corrected chi connectivity index (χ2v) is 5.44. The van der Waals surface area contributed by atoms with Crippen molar-refractivity contribution < 1.29 is 4.79 Å². The summed E-state index contributed by atoms with van der Waals surface area (Å²) < 4.78 is 0. The van der Waals surface area contributed by atoms with Gasteiger partial charge in [-0.3, -0.25) is 4.79 Å². The van der Waals surface area contributed by atoms with E-state index < -0.39 is 0 Å². The molecule has 0 radical (unpaired) electrons. The molecular weight excluding hydrogens is 282 g/mol. The van der Waals surface area contributed by atoms with Crippen LogP contribution in [0.2, 0.25) is 5.02 Å². The second kappa shape index (κ2) is 6.04. The maximum absolute atomic E-state index is 11.0. The van der Waals surface area contributed by atoms with Gasteiger partial charge in [0.25, 0.3) is 0 Å². The molecule has 1 heterocycles. The number of aryl methyl sites for hydroxylation is 1. The molecule has 6 heteroatoms. The lowest BCUT2D eigenvalue weighted by Gasteiger charge is -2.09. The lowest BCUT2D eigenvalue weighted by Crippen LogP contribution is -2.06. The Labute approximate surface area is 120 Å². The van der Waals surface area contributed by atoms with Crippen molar-refractivity contribution in [3.63, 3.8) is 0 Å². The van der Waals surface area contributed by atoms with Gasteiger partial charge in [0.15, 0.2) is 0 Å². The number of benzene rings is 1. The molecule has 4 nitrogen and oxygen atoms in total. The van der Waals surface area contributed by atoms with E-state index >= 15 is 0 Å². The molecule has 100 valence electrons. The Morgan fingerprint density at radius 3 is 2.84 bits per heavy atom. The first-order chi connectivity index (χ1) is 9.06. The Morgan fingerprint density at radius 1 is 1.47 bits per heavy atom. The highest BCUT2D eigenvalue weighted by atomic mass is 35.5. The Balaban J connectivity index is 2.04. The highest BCUT2D eigenvalue weighted by molar-refractivity contribution is 7.09. The predicted octanol–water partition coefficient (Wildman–Crippen LogP) is 3.68. The Hall–Kier alpha value is -1.59. The molecule has 1 amide bonds. The molecule has 0 unspecified atom stereocenters. The minimum absolute atomic E-state index is 0.136. The molecule has 0 aliphatic carbocycles. The van der Waals surface area contributed by atoms with Crippen molar-refractivity contribution in [2.45, 2.75) is 20.4 Å². The summed E-state index contributed by atoms with van der Waals surface area (Å²) in [4.78, 5) is 16.4. The molecule has 0 saturated carbocycles. The summed E-state index contributed by atoms with van der Waals surface area (Å²) in [6, 6.07) is 5.46. The van der Waals surface area contributed by atoms with E-state index in [0.29, 0.717) is 17.3 Å². The fourth-order valence-electron chi connectivity index (χ4n) is 1.59. The summed E-state index contributed by atoms with van der Waals surface area (Å²) in [5.41, 5.74) is 4.40. The van der Waals surface area contributed by atoms with Crippen LogP contribution in [0.4, 0.5) is 11.4 Å². The standard InChI is InChI=1S/C13H14ClN3OS/c1-8-13(19-7-16-8)6-15-10-3-4-12(11(14)5-10)17-9(2)18/h3-5,7,15H,6H2,1-2H3,(H,17,18). The maximum Gasteiger partial charge on any atom is 0.221 e. The number of aromatic nitrogens is 1. The Kier molecular flexibility index (Phi) is 4.39. The smallest absolute Gasteiger partial charge is 0.221 e. The molecule has 0 aliphatic heterocycles. The van der Waals surface area contributed by atoms with Gasteiger partial charge in [-0.05, 0) is 25.1 Å². The number of rotatable bonds is 4. The number of nitrogens with zero attached hydrogens (tertiary/aromatic N) is 1. The monoisotopic (exact) mass is 295 g/mol. The lowest BCUT2D eigenvalue weighted by atomic mass is 10.2. The van der Waals surface area contributed by atoms with Gasteiger partial charge in [-0.1, -0.05) is 11.6 Å². The lowest BCUT2D eigenvalue weighted by molar-refractivity contribution is -0.114. The van der Waals surface area contributed by atoms with E-state index in [2.05, 4.69) is 15.6 Å². The van der Waals surface area contributed by atoms with Gasteiger partial charge >= 0.3 is 0 Å². The number of thiazole rings is 1. The SMILES string of the molecule is CC(=O)Nc1ccc(NCc2scnc2C)cc1Cl. The van der Waals surface area contributed by atoms with Crippen LogP contribution in [0.15, 0.2) is 23.7 Å². The van der Waals surface area contributed by atoms with Crippen molar-refractivity contribution in [3.05, 3.63) is 39.3 Å². The third-order valence-corrected chi connectivity index (χ3v) is 3.83. The van der Waals surface area contributed by atoms with E-state index in [1.807, 2.05) is 18.5 Å². The molecule has 19 heavy (non-hydrogen) atoms. The van der Waals surface area contributed by atoms with Crippen LogP contribution in [0.25, 0.3) is 0 Å². The number of amides is 1. The zero-order valence-electron chi connectivity index (χ0n) is 10.7. The summed E-state index contributed by atoms with van der Waals surface area (Å²) in [5.74, 6) is -0.136.